The van der Waals surface area contributed by atoms with Gasteiger partial charge in [-0.15, -0.1) is 0 Å². The second-order valence-corrected chi connectivity index (χ2v) is 9.53. The topological polar surface area (TPSA) is 47.0 Å². The average Bonchev–Trinajstić information content (AvgIpc) is 2.80. The van der Waals surface area contributed by atoms with Crippen LogP contribution in [0.1, 0.15) is 50.5 Å². The summed E-state index contributed by atoms with van der Waals surface area (Å²) in [7, 11) is 0. The van der Waals surface area contributed by atoms with Gasteiger partial charge in [-0.05, 0) is 89.7 Å². The number of nitrogens with zero attached hydrogens (tertiary/aromatic N) is 3. The number of benzene rings is 1. The fourth-order valence-electron chi connectivity index (χ4n) is 5.52. The highest BCUT2D eigenvalue weighted by Gasteiger charge is 2.33. The van der Waals surface area contributed by atoms with Crippen molar-refractivity contribution in [3.05, 3.63) is 35.9 Å². The van der Waals surface area contributed by atoms with Crippen LogP contribution in [0.15, 0.2) is 30.3 Å². The van der Waals surface area contributed by atoms with Gasteiger partial charge < -0.3 is 19.8 Å². The van der Waals surface area contributed by atoms with Crippen molar-refractivity contribution in [3.8, 4) is 0 Å². The zero-order valence-electron chi connectivity index (χ0n) is 18.4. The summed E-state index contributed by atoms with van der Waals surface area (Å²) < 4.78 is 0. The smallest absolute Gasteiger partial charge is 0.225 e. The molecule has 1 aromatic rings. The Morgan fingerprint density at radius 3 is 2.20 bits per heavy atom. The SMILES string of the molecule is O=C(C1CCN(C2CCN(CCCc3ccccc3)CC2)CC1)N1CCC(O)CC1. The molecule has 1 amide bonds. The molecule has 3 heterocycles. The van der Waals surface area contributed by atoms with Crippen molar-refractivity contribution in [1.29, 1.82) is 0 Å². The van der Waals surface area contributed by atoms with Gasteiger partial charge in [0.15, 0.2) is 0 Å². The predicted octanol–water partition coefficient (Wildman–Crippen LogP) is 2.78. The van der Waals surface area contributed by atoms with Crippen molar-refractivity contribution in [2.24, 2.45) is 5.92 Å². The first-order chi connectivity index (χ1) is 14.7. The van der Waals surface area contributed by atoms with Crippen molar-refractivity contribution < 1.29 is 9.90 Å². The standard InChI is InChI=1S/C25H39N3O2/c29-24-12-19-28(20-13-24)25(30)22-8-17-27(18-9-22)23-10-15-26(16-11-23)14-4-7-21-5-2-1-3-6-21/h1-3,5-6,22-24,29H,4,7-20H2. The van der Waals surface area contributed by atoms with Crippen LogP contribution in [-0.2, 0) is 11.2 Å². The van der Waals surface area contributed by atoms with Crippen molar-refractivity contribution in [2.75, 3.05) is 45.8 Å². The van der Waals surface area contributed by atoms with Gasteiger partial charge in [-0.3, -0.25) is 4.79 Å². The van der Waals surface area contributed by atoms with E-state index < -0.39 is 0 Å². The van der Waals surface area contributed by atoms with E-state index in [4.69, 9.17) is 0 Å². The van der Waals surface area contributed by atoms with Crippen LogP contribution in [0, 0.1) is 5.92 Å². The Morgan fingerprint density at radius 2 is 1.53 bits per heavy atom. The second-order valence-electron chi connectivity index (χ2n) is 9.53. The van der Waals surface area contributed by atoms with E-state index in [2.05, 4.69) is 40.1 Å². The van der Waals surface area contributed by atoms with E-state index in [0.29, 0.717) is 11.9 Å². The number of piperidine rings is 3. The number of aryl methyl sites for hydroxylation is 1. The number of aliphatic hydroxyl groups excluding tert-OH is 1. The Hall–Kier alpha value is -1.43. The first kappa shape index (κ1) is 21.8. The van der Waals surface area contributed by atoms with Gasteiger partial charge >= 0.3 is 0 Å². The summed E-state index contributed by atoms with van der Waals surface area (Å²) >= 11 is 0. The van der Waals surface area contributed by atoms with Crippen LogP contribution in [-0.4, -0.2) is 83.7 Å². The fraction of sp³-hybridized carbons (Fsp3) is 0.720. The summed E-state index contributed by atoms with van der Waals surface area (Å²) in [6.07, 6.45) is 8.27. The minimum absolute atomic E-state index is 0.203. The lowest BCUT2D eigenvalue weighted by molar-refractivity contribution is -0.139. The molecule has 5 nitrogen and oxygen atoms in total. The number of rotatable bonds is 6. The average molecular weight is 414 g/mol. The molecule has 3 saturated heterocycles. The van der Waals surface area contributed by atoms with Crippen molar-refractivity contribution in [1.82, 2.24) is 14.7 Å². The molecule has 166 valence electrons. The third-order valence-corrected chi connectivity index (χ3v) is 7.51. The normalized spacial score (nSPS) is 23.7. The number of likely N-dealkylation sites (tertiary alicyclic amines) is 3. The quantitative estimate of drug-likeness (QED) is 0.779. The highest BCUT2D eigenvalue weighted by molar-refractivity contribution is 5.79. The molecule has 1 N–H and O–H groups in total. The highest BCUT2D eigenvalue weighted by atomic mass is 16.3. The molecule has 4 rings (SSSR count). The minimum Gasteiger partial charge on any atom is -0.393 e. The predicted molar refractivity (Wildman–Crippen MR) is 120 cm³/mol. The first-order valence-corrected chi connectivity index (χ1v) is 12.2. The maximum atomic E-state index is 12.8. The van der Waals surface area contributed by atoms with Crippen LogP contribution < -0.4 is 0 Å². The van der Waals surface area contributed by atoms with E-state index in [0.717, 1.165) is 51.9 Å². The molecule has 0 aliphatic carbocycles. The zero-order chi connectivity index (χ0) is 20.8. The van der Waals surface area contributed by atoms with Gasteiger partial charge in [0, 0.05) is 25.0 Å². The Balaban J connectivity index is 1.13. The van der Waals surface area contributed by atoms with Gasteiger partial charge in [-0.1, -0.05) is 30.3 Å². The first-order valence-electron chi connectivity index (χ1n) is 12.2. The Morgan fingerprint density at radius 1 is 0.867 bits per heavy atom. The number of amides is 1. The molecule has 0 atom stereocenters. The monoisotopic (exact) mass is 413 g/mol. The van der Waals surface area contributed by atoms with Gasteiger partial charge in [0.25, 0.3) is 0 Å². The summed E-state index contributed by atoms with van der Waals surface area (Å²) in [5.74, 6) is 0.546. The maximum Gasteiger partial charge on any atom is 0.225 e. The fourth-order valence-corrected chi connectivity index (χ4v) is 5.52. The highest BCUT2D eigenvalue weighted by Crippen LogP contribution is 2.26. The van der Waals surface area contributed by atoms with Gasteiger partial charge in [0.2, 0.25) is 5.91 Å². The van der Waals surface area contributed by atoms with E-state index >= 15 is 0 Å². The molecule has 0 saturated carbocycles. The molecule has 0 radical (unpaired) electrons. The summed E-state index contributed by atoms with van der Waals surface area (Å²) in [6, 6.07) is 11.5. The lowest BCUT2D eigenvalue weighted by Crippen LogP contribution is -2.50. The van der Waals surface area contributed by atoms with Crippen LogP contribution in [0.3, 0.4) is 0 Å². The molecule has 0 unspecified atom stereocenters. The molecule has 3 aliphatic rings. The zero-order valence-corrected chi connectivity index (χ0v) is 18.4. The van der Waals surface area contributed by atoms with Gasteiger partial charge in [0.1, 0.15) is 0 Å². The van der Waals surface area contributed by atoms with Gasteiger partial charge in [0.05, 0.1) is 6.10 Å². The third kappa shape index (κ3) is 5.83. The van der Waals surface area contributed by atoms with E-state index in [1.807, 2.05) is 4.90 Å². The molecule has 30 heavy (non-hydrogen) atoms. The number of hydrogen-bond acceptors (Lipinski definition) is 4. The van der Waals surface area contributed by atoms with Gasteiger partial charge in [-0.2, -0.15) is 0 Å². The Kier molecular flexibility index (Phi) is 7.80. The van der Waals surface area contributed by atoms with Crippen LogP contribution in [0.2, 0.25) is 0 Å². The summed E-state index contributed by atoms with van der Waals surface area (Å²) in [5, 5.41) is 9.67. The lowest BCUT2D eigenvalue weighted by Gasteiger charge is -2.42. The lowest BCUT2D eigenvalue weighted by atomic mass is 9.91. The molecule has 3 aliphatic heterocycles. The van der Waals surface area contributed by atoms with E-state index in [9.17, 15) is 9.90 Å². The number of carbonyl (C=O) groups excluding carboxylic acids is 1. The summed E-state index contributed by atoms with van der Waals surface area (Å²) in [6.45, 7) is 7.27. The van der Waals surface area contributed by atoms with Crippen molar-refractivity contribution in [2.45, 2.75) is 63.5 Å². The van der Waals surface area contributed by atoms with Crippen molar-refractivity contribution in [3.63, 3.8) is 0 Å². The van der Waals surface area contributed by atoms with Crippen molar-refractivity contribution >= 4 is 5.91 Å². The molecule has 0 bridgehead atoms. The Bertz CT molecular complexity index is 644. The van der Waals surface area contributed by atoms with E-state index in [1.54, 1.807) is 0 Å². The van der Waals surface area contributed by atoms with E-state index in [-0.39, 0.29) is 12.0 Å². The van der Waals surface area contributed by atoms with Crippen LogP contribution in [0.5, 0.6) is 0 Å². The van der Waals surface area contributed by atoms with Crippen LogP contribution >= 0.6 is 0 Å². The van der Waals surface area contributed by atoms with Crippen LogP contribution in [0.4, 0.5) is 0 Å². The largest absolute Gasteiger partial charge is 0.393 e. The molecule has 0 aromatic heterocycles. The molecular weight excluding hydrogens is 374 g/mol. The molecule has 0 spiro atoms. The molecular formula is C25H39N3O2. The number of aliphatic hydroxyl groups is 1. The number of carbonyl (C=O) groups is 1. The molecule has 5 heteroatoms. The van der Waals surface area contributed by atoms with Crippen LogP contribution in [0.25, 0.3) is 0 Å². The second kappa shape index (κ2) is 10.7. The Labute approximate surface area is 182 Å². The minimum atomic E-state index is -0.208. The third-order valence-electron chi connectivity index (χ3n) is 7.51. The van der Waals surface area contributed by atoms with Gasteiger partial charge in [-0.25, -0.2) is 0 Å². The molecule has 3 fully saturated rings. The summed E-state index contributed by atoms with van der Waals surface area (Å²) in [4.78, 5) is 20.1. The summed E-state index contributed by atoms with van der Waals surface area (Å²) in [5.41, 5.74) is 1.45. The molecule has 1 aromatic carbocycles. The number of hydrogen-bond donors (Lipinski definition) is 1. The van der Waals surface area contributed by atoms with E-state index in [1.165, 1.54) is 50.9 Å². The maximum absolute atomic E-state index is 12.8.